The lowest BCUT2D eigenvalue weighted by Gasteiger charge is -2.21. The Bertz CT molecular complexity index is 1250. The molecule has 0 atom stereocenters. The van der Waals surface area contributed by atoms with Crippen LogP contribution in [0.5, 0.6) is 5.75 Å². The minimum atomic E-state index is -0.566. The molecule has 1 amide bonds. The van der Waals surface area contributed by atoms with E-state index < -0.39 is 5.97 Å². The third-order valence-electron chi connectivity index (χ3n) is 5.18. The summed E-state index contributed by atoms with van der Waals surface area (Å²) in [5.41, 5.74) is 3.69. The summed E-state index contributed by atoms with van der Waals surface area (Å²) in [5.74, 6) is 0.000752. The van der Waals surface area contributed by atoms with E-state index in [4.69, 9.17) is 21.1 Å². The Kier molecular flexibility index (Phi) is 6.61. The number of halogens is 1. The van der Waals surface area contributed by atoms with Gasteiger partial charge in [-0.2, -0.15) is 0 Å². The molecule has 0 unspecified atom stereocenters. The Balaban J connectivity index is 1.78. The van der Waals surface area contributed by atoms with Crippen LogP contribution in [0.3, 0.4) is 0 Å². The van der Waals surface area contributed by atoms with E-state index in [0.29, 0.717) is 23.6 Å². The summed E-state index contributed by atoms with van der Waals surface area (Å²) in [6.07, 6.45) is 3.68. The standard InChI is InChI=1S/C27H22ClNO4/c1-3-33-22-12-9-18(10-13-22)15-20-16-25(19-7-5-4-6-8-19)29(26(20)30)21-11-14-24(28)23(17-21)27(31)32-2/h4-17H,3H2,1-2H3/b20-15+. The molecule has 1 heterocycles. The first-order chi connectivity index (χ1) is 16.0. The van der Waals surface area contributed by atoms with Gasteiger partial charge in [0.1, 0.15) is 5.75 Å². The fourth-order valence-corrected chi connectivity index (χ4v) is 3.81. The SMILES string of the molecule is CCOc1ccc(/C=C2\C=C(c3ccccc3)N(c3ccc(Cl)c(C(=O)OC)c3)C2=O)cc1. The summed E-state index contributed by atoms with van der Waals surface area (Å²) in [7, 11) is 1.29. The van der Waals surface area contributed by atoms with Gasteiger partial charge < -0.3 is 9.47 Å². The van der Waals surface area contributed by atoms with Crippen molar-refractivity contribution in [2.75, 3.05) is 18.6 Å². The number of carbonyl (C=O) groups excluding carboxylic acids is 2. The molecule has 0 bridgehead atoms. The minimum Gasteiger partial charge on any atom is -0.494 e. The largest absolute Gasteiger partial charge is 0.494 e. The molecular weight excluding hydrogens is 438 g/mol. The molecule has 0 aromatic heterocycles. The van der Waals surface area contributed by atoms with Crippen molar-refractivity contribution in [3.8, 4) is 5.75 Å². The summed E-state index contributed by atoms with van der Waals surface area (Å²) in [4.78, 5) is 27.3. The molecule has 4 rings (SSSR count). The molecule has 0 radical (unpaired) electrons. The average Bonchev–Trinajstić information content (AvgIpc) is 3.16. The van der Waals surface area contributed by atoms with Gasteiger partial charge in [0.05, 0.1) is 35.7 Å². The van der Waals surface area contributed by atoms with Crippen LogP contribution in [-0.4, -0.2) is 25.6 Å². The topological polar surface area (TPSA) is 55.8 Å². The van der Waals surface area contributed by atoms with Crippen LogP contribution in [0.15, 0.2) is 84.4 Å². The number of ether oxygens (including phenoxy) is 2. The van der Waals surface area contributed by atoms with Crippen molar-refractivity contribution in [1.29, 1.82) is 0 Å². The number of hydrogen-bond donors (Lipinski definition) is 0. The van der Waals surface area contributed by atoms with Crippen LogP contribution in [0.25, 0.3) is 11.8 Å². The number of amides is 1. The van der Waals surface area contributed by atoms with Gasteiger partial charge in [0.15, 0.2) is 0 Å². The molecule has 166 valence electrons. The highest BCUT2D eigenvalue weighted by Gasteiger charge is 2.31. The lowest BCUT2D eigenvalue weighted by Crippen LogP contribution is -2.25. The zero-order chi connectivity index (χ0) is 23.4. The number of rotatable bonds is 6. The smallest absolute Gasteiger partial charge is 0.339 e. The molecule has 1 aliphatic heterocycles. The number of benzene rings is 3. The van der Waals surface area contributed by atoms with E-state index in [1.807, 2.05) is 73.7 Å². The first kappa shape index (κ1) is 22.4. The third kappa shape index (κ3) is 4.69. The maximum Gasteiger partial charge on any atom is 0.339 e. The lowest BCUT2D eigenvalue weighted by atomic mass is 10.1. The van der Waals surface area contributed by atoms with E-state index in [0.717, 1.165) is 16.9 Å². The first-order valence-corrected chi connectivity index (χ1v) is 10.8. The van der Waals surface area contributed by atoms with Crippen LogP contribution in [0.1, 0.15) is 28.4 Å². The molecule has 1 aliphatic rings. The van der Waals surface area contributed by atoms with Crippen LogP contribution in [0.2, 0.25) is 5.02 Å². The predicted molar refractivity (Wildman–Crippen MR) is 130 cm³/mol. The second-order valence-electron chi connectivity index (χ2n) is 7.29. The molecule has 0 spiro atoms. The molecule has 3 aromatic rings. The van der Waals surface area contributed by atoms with E-state index in [-0.39, 0.29) is 16.5 Å². The van der Waals surface area contributed by atoms with Crippen LogP contribution >= 0.6 is 11.6 Å². The highest BCUT2D eigenvalue weighted by molar-refractivity contribution is 6.34. The number of esters is 1. The van der Waals surface area contributed by atoms with Crippen molar-refractivity contribution >= 4 is 40.9 Å². The van der Waals surface area contributed by atoms with Gasteiger partial charge in [0.2, 0.25) is 0 Å². The Morgan fingerprint density at radius 3 is 2.42 bits per heavy atom. The number of anilines is 1. The van der Waals surface area contributed by atoms with Gasteiger partial charge in [0.25, 0.3) is 5.91 Å². The van der Waals surface area contributed by atoms with Gasteiger partial charge in [-0.25, -0.2) is 4.79 Å². The van der Waals surface area contributed by atoms with Crippen molar-refractivity contribution in [2.24, 2.45) is 0 Å². The van der Waals surface area contributed by atoms with Crippen molar-refractivity contribution in [1.82, 2.24) is 0 Å². The van der Waals surface area contributed by atoms with Gasteiger partial charge in [-0.1, -0.05) is 54.1 Å². The quantitative estimate of drug-likeness (QED) is 0.335. The summed E-state index contributed by atoms with van der Waals surface area (Å²) >= 11 is 6.20. The van der Waals surface area contributed by atoms with Gasteiger partial charge in [0, 0.05) is 5.57 Å². The molecule has 0 aliphatic carbocycles. The molecule has 3 aromatic carbocycles. The summed E-state index contributed by atoms with van der Waals surface area (Å²) in [6.45, 7) is 2.52. The Labute approximate surface area is 197 Å². The molecular formula is C27H22ClNO4. The van der Waals surface area contributed by atoms with Gasteiger partial charge in [-0.3, -0.25) is 9.69 Å². The molecule has 33 heavy (non-hydrogen) atoms. The predicted octanol–water partition coefficient (Wildman–Crippen LogP) is 6.00. The van der Waals surface area contributed by atoms with Gasteiger partial charge in [-0.15, -0.1) is 0 Å². The van der Waals surface area contributed by atoms with Crippen LogP contribution < -0.4 is 9.64 Å². The normalized spacial score (nSPS) is 14.4. The minimum absolute atomic E-state index is 0.195. The van der Waals surface area contributed by atoms with Gasteiger partial charge >= 0.3 is 5.97 Å². The average molecular weight is 460 g/mol. The number of hydrogen-bond acceptors (Lipinski definition) is 4. The first-order valence-electron chi connectivity index (χ1n) is 10.5. The highest BCUT2D eigenvalue weighted by Crippen LogP contribution is 2.36. The molecule has 6 heteroatoms. The summed E-state index contributed by atoms with van der Waals surface area (Å²) in [6, 6.07) is 22.0. The van der Waals surface area contributed by atoms with E-state index in [9.17, 15) is 9.59 Å². The lowest BCUT2D eigenvalue weighted by molar-refractivity contribution is -0.113. The van der Waals surface area contributed by atoms with Crippen LogP contribution in [-0.2, 0) is 9.53 Å². The summed E-state index contributed by atoms with van der Waals surface area (Å²) in [5, 5.41) is 0.257. The van der Waals surface area contributed by atoms with Crippen LogP contribution in [0.4, 0.5) is 5.69 Å². The Morgan fingerprint density at radius 1 is 1.03 bits per heavy atom. The number of nitrogens with zero attached hydrogens (tertiary/aromatic N) is 1. The zero-order valence-corrected chi connectivity index (χ0v) is 19.0. The molecule has 5 nitrogen and oxygen atoms in total. The molecule has 0 saturated heterocycles. The van der Waals surface area contributed by atoms with E-state index in [2.05, 4.69) is 0 Å². The van der Waals surface area contributed by atoms with Crippen LogP contribution in [0, 0.1) is 0 Å². The molecule has 0 saturated carbocycles. The van der Waals surface area contributed by atoms with Crippen molar-refractivity contribution in [3.63, 3.8) is 0 Å². The van der Waals surface area contributed by atoms with E-state index >= 15 is 0 Å². The van der Waals surface area contributed by atoms with E-state index in [1.165, 1.54) is 7.11 Å². The third-order valence-corrected chi connectivity index (χ3v) is 5.51. The molecule has 0 N–H and O–H groups in total. The number of methoxy groups -OCH3 is 1. The second kappa shape index (κ2) is 9.76. The van der Waals surface area contributed by atoms with Crippen molar-refractivity contribution in [3.05, 3.63) is 106 Å². The Hall–Kier alpha value is -3.83. The van der Waals surface area contributed by atoms with E-state index in [1.54, 1.807) is 23.1 Å². The fraction of sp³-hybridized carbons (Fsp3) is 0.111. The summed E-state index contributed by atoms with van der Waals surface area (Å²) < 4.78 is 10.3. The Morgan fingerprint density at radius 2 is 1.76 bits per heavy atom. The maximum absolute atomic E-state index is 13.5. The second-order valence-corrected chi connectivity index (χ2v) is 7.70. The zero-order valence-electron chi connectivity index (χ0n) is 18.2. The van der Waals surface area contributed by atoms with Crippen molar-refractivity contribution < 1.29 is 19.1 Å². The highest BCUT2D eigenvalue weighted by atomic mass is 35.5. The van der Waals surface area contributed by atoms with Gasteiger partial charge in [-0.05, 0) is 60.5 Å². The van der Waals surface area contributed by atoms with Crippen molar-refractivity contribution in [2.45, 2.75) is 6.92 Å². The fourth-order valence-electron chi connectivity index (χ4n) is 3.62. The maximum atomic E-state index is 13.5. The number of carbonyl (C=O) groups is 2. The monoisotopic (exact) mass is 459 g/mol. The molecule has 0 fully saturated rings.